The number of urea groups is 1. The van der Waals surface area contributed by atoms with Crippen molar-refractivity contribution in [2.45, 2.75) is 13.1 Å². The zero-order valence-electron chi connectivity index (χ0n) is 30.6. The highest BCUT2D eigenvalue weighted by Gasteiger charge is 2.12. The standard InChI is InChI=1S/C22H20Cl2N6O.C19H15Cl2N5/c1-29(2)22(31)27-17-7-4-14(5-8-17)19-12-21(30-20(28-19)9-10-26-30)25-13-15-3-6-16(23)11-18(15)24;20-14-4-1-13(16(21)9-14)11-23-19-10-17(12-2-5-15(22)6-3-12)25-18-7-8-24-26(18)19/h3-12,25H,13H2,1-2H3,(H,27,31);1-10,23H,11,22H2. The number of nitrogens with zero attached hydrogens (tertiary/aromatic N) is 7. The molecular formula is C41H35Cl4N11O. The van der Waals surface area contributed by atoms with E-state index in [0.29, 0.717) is 44.5 Å². The van der Waals surface area contributed by atoms with E-state index in [2.05, 4.69) is 31.1 Å². The van der Waals surface area contributed by atoms with Crippen LogP contribution < -0.4 is 21.7 Å². The molecule has 0 aliphatic rings. The molecule has 0 bridgehead atoms. The van der Waals surface area contributed by atoms with Gasteiger partial charge in [0.05, 0.1) is 23.8 Å². The van der Waals surface area contributed by atoms with Gasteiger partial charge in [0.2, 0.25) is 0 Å². The van der Waals surface area contributed by atoms with Crippen molar-refractivity contribution in [1.29, 1.82) is 0 Å². The Morgan fingerprint density at radius 1 is 0.632 bits per heavy atom. The van der Waals surface area contributed by atoms with E-state index >= 15 is 0 Å². The number of nitrogen functional groups attached to an aromatic ring is 1. The summed E-state index contributed by atoms with van der Waals surface area (Å²) in [6.07, 6.45) is 3.42. The Labute approximate surface area is 348 Å². The second-order valence-corrected chi connectivity index (χ2v) is 14.6. The van der Waals surface area contributed by atoms with Crippen LogP contribution in [0.5, 0.6) is 0 Å². The molecule has 0 radical (unpaired) electrons. The van der Waals surface area contributed by atoms with E-state index < -0.39 is 0 Å². The van der Waals surface area contributed by atoms with Crippen LogP contribution >= 0.6 is 46.4 Å². The summed E-state index contributed by atoms with van der Waals surface area (Å²) in [5.41, 5.74) is 14.1. The summed E-state index contributed by atoms with van der Waals surface area (Å²) in [4.78, 5) is 22.7. The highest BCUT2D eigenvalue weighted by atomic mass is 35.5. The number of rotatable bonds is 9. The number of carbonyl (C=O) groups is 1. The Kier molecular flexibility index (Phi) is 12.0. The van der Waals surface area contributed by atoms with Gasteiger partial charge in [0.25, 0.3) is 0 Å². The number of fused-ring (bicyclic) bond motifs is 2. The lowest BCUT2D eigenvalue weighted by atomic mass is 10.1. The fourth-order valence-electron chi connectivity index (χ4n) is 5.69. The highest BCUT2D eigenvalue weighted by Crippen LogP contribution is 2.28. The van der Waals surface area contributed by atoms with Crippen molar-refractivity contribution in [2.24, 2.45) is 0 Å². The monoisotopic (exact) mass is 837 g/mol. The second kappa shape index (κ2) is 17.4. The number of halogens is 4. The van der Waals surface area contributed by atoms with Gasteiger partial charge >= 0.3 is 6.03 Å². The third-order valence-electron chi connectivity index (χ3n) is 8.71. The molecule has 5 N–H and O–H groups in total. The van der Waals surface area contributed by atoms with Crippen molar-refractivity contribution in [3.63, 3.8) is 0 Å². The minimum atomic E-state index is -0.182. The Morgan fingerprint density at radius 3 is 1.53 bits per heavy atom. The SMILES string of the molecule is CN(C)C(=O)Nc1ccc(-c2cc(NCc3ccc(Cl)cc3Cl)n3nccc3n2)cc1.Nc1ccc(-c2cc(NCc3ccc(Cl)cc3Cl)n3nccc3n2)cc1. The number of anilines is 4. The first-order valence-corrected chi connectivity index (χ1v) is 19.0. The van der Waals surface area contributed by atoms with Gasteiger partial charge in [-0.1, -0.05) is 82.8 Å². The van der Waals surface area contributed by atoms with Gasteiger partial charge < -0.3 is 26.6 Å². The zero-order valence-corrected chi connectivity index (χ0v) is 33.6. The van der Waals surface area contributed by atoms with Crippen LogP contribution in [-0.4, -0.2) is 54.2 Å². The molecule has 0 aliphatic heterocycles. The van der Waals surface area contributed by atoms with Gasteiger partial charge in [0.1, 0.15) is 11.6 Å². The highest BCUT2D eigenvalue weighted by molar-refractivity contribution is 6.35. The van der Waals surface area contributed by atoms with E-state index in [1.807, 2.05) is 97.1 Å². The van der Waals surface area contributed by atoms with Crippen molar-refractivity contribution >= 4 is 86.7 Å². The summed E-state index contributed by atoms with van der Waals surface area (Å²) >= 11 is 24.5. The average Bonchev–Trinajstić information content (AvgIpc) is 3.88. The first-order valence-electron chi connectivity index (χ1n) is 17.5. The Bertz CT molecular complexity index is 2680. The minimum Gasteiger partial charge on any atom is -0.399 e. The molecule has 2 amide bonds. The van der Waals surface area contributed by atoms with Gasteiger partial charge in [-0.2, -0.15) is 19.2 Å². The van der Waals surface area contributed by atoms with Crippen molar-refractivity contribution in [1.82, 2.24) is 34.1 Å². The van der Waals surface area contributed by atoms with E-state index in [1.54, 1.807) is 47.7 Å². The van der Waals surface area contributed by atoms with E-state index in [4.69, 9.17) is 57.1 Å². The van der Waals surface area contributed by atoms with Crippen LogP contribution in [0.2, 0.25) is 20.1 Å². The third kappa shape index (κ3) is 9.50. The topological polar surface area (TPSA) is 143 Å². The molecule has 0 spiro atoms. The van der Waals surface area contributed by atoms with E-state index in [9.17, 15) is 4.79 Å². The maximum Gasteiger partial charge on any atom is 0.321 e. The molecule has 0 aliphatic carbocycles. The summed E-state index contributed by atoms with van der Waals surface area (Å²) in [5.74, 6) is 1.60. The molecule has 8 rings (SSSR count). The molecule has 4 aromatic carbocycles. The molecular weight excluding hydrogens is 804 g/mol. The van der Waals surface area contributed by atoms with Crippen molar-refractivity contribution in [3.8, 4) is 22.5 Å². The van der Waals surface area contributed by atoms with Gasteiger partial charge in [-0.15, -0.1) is 0 Å². The largest absolute Gasteiger partial charge is 0.399 e. The summed E-state index contributed by atoms with van der Waals surface area (Å²) in [6, 6.07) is 33.4. The maximum atomic E-state index is 11.8. The molecule has 57 heavy (non-hydrogen) atoms. The zero-order chi connectivity index (χ0) is 40.1. The molecule has 16 heteroatoms. The number of hydrogen-bond acceptors (Lipinski definition) is 8. The molecule has 0 saturated heterocycles. The molecule has 4 heterocycles. The van der Waals surface area contributed by atoms with E-state index in [1.165, 1.54) is 4.90 Å². The smallest absolute Gasteiger partial charge is 0.321 e. The van der Waals surface area contributed by atoms with Gasteiger partial charge in [0.15, 0.2) is 11.3 Å². The lowest BCUT2D eigenvalue weighted by Gasteiger charge is -2.13. The number of nitrogens with one attached hydrogen (secondary N) is 3. The lowest BCUT2D eigenvalue weighted by molar-refractivity contribution is 0.230. The predicted octanol–water partition coefficient (Wildman–Crippen LogP) is 10.3. The van der Waals surface area contributed by atoms with Crippen LogP contribution in [0.4, 0.5) is 27.8 Å². The number of carbonyl (C=O) groups excluding carboxylic acids is 1. The van der Waals surface area contributed by atoms with Gasteiger partial charge in [-0.25, -0.2) is 14.8 Å². The minimum absolute atomic E-state index is 0.182. The number of hydrogen-bond donors (Lipinski definition) is 4. The molecule has 0 atom stereocenters. The number of amides is 2. The summed E-state index contributed by atoms with van der Waals surface area (Å²) in [7, 11) is 3.39. The van der Waals surface area contributed by atoms with Gasteiger partial charge in [0, 0.05) is 94.0 Å². The van der Waals surface area contributed by atoms with E-state index in [0.717, 1.165) is 56.6 Å². The lowest BCUT2D eigenvalue weighted by Crippen LogP contribution is -2.27. The van der Waals surface area contributed by atoms with Crippen molar-refractivity contribution < 1.29 is 4.79 Å². The van der Waals surface area contributed by atoms with Crippen molar-refractivity contribution in [3.05, 3.63) is 153 Å². The fourth-order valence-corrected chi connectivity index (χ4v) is 6.64. The summed E-state index contributed by atoms with van der Waals surface area (Å²) in [5, 5.41) is 20.7. The Balaban J connectivity index is 0.000000177. The van der Waals surface area contributed by atoms with Crippen LogP contribution in [0.1, 0.15) is 11.1 Å². The third-order valence-corrected chi connectivity index (χ3v) is 9.89. The quantitative estimate of drug-likeness (QED) is 0.105. The molecule has 0 saturated carbocycles. The number of aromatic nitrogens is 6. The van der Waals surface area contributed by atoms with Crippen molar-refractivity contribution in [2.75, 3.05) is 35.8 Å². The number of benzene rings is 4. The molecule has 0 unspecified atom stereocenters. The fraction of sp³-hybridized carbons (Fsp3) is 0.0976. The normalized spacial score (nSPS) is 10.9. The average molecular weight is 840 g/mol. The van der Waals surface area contributed by atoms with Crippen LogP contribution in [0, 0.1) is 0 Å². The first-order chi connectivity index (χ1) is 27.5. The van der Waals surface area contributed by atoms with Crippen LogP contribution in [0.25, 0.3) is 33.8 Å². The number of nitrogens with two attached hydrogens (primary N) is 1. The summed E-state index contributed by atoms with van der Waals surface area (Å²) in [6.45, 7) is 1.04. The van der Waals surface area contributed by atoms with Gasteiger partial charge in [-0.05, 0) is 59.7 Å². The Morgan fingerprint density at radius 2 is 1.09 bits per heavy atom. The second-order valence-electron chi connectivity index (χ2n) is 13.0. The molecule has 8 aromatic rings. The molecule has 288 valence electrons. The van der Waals surface area contributed by atoms with Crippen LogP contribution in [0.3, 0.4) is 0 Å². The molecule has 12 nitrogen and oxygen atoms in total. The van der Waals surface area contributed by atoms with E-state index in [-0.39, 0.29) is 6.03 Å². The van der Waals surface area contributed by atoms with Gasteiger partial charge in [-0.3, -0.25) is 0 Å². The maximum absolute atomic E-state index is 11.8. The van der Waals surface area contributed by atoms with Crippen LogP contribution in [-0.2, 0) is 13.1 Å². The van der Waals surface area contributed by atoms with Crippen LogP contribution in [0.15, 0.2) is 122 Å². The predicted molar refractivity (Wildman–Crippen MR) is 232 cm³/mol. The molecule has 4 aromatic heterocycles. The Hall–Kier alpha value is -6.05. The first kappa shape index (κ1) is 39.2. The molecule has 0 fully saturated rings. The summed E-state index contributed by atoms with van der Waals surface area (Å²) < 4.78 is 3.49.